The Labute approximate surface area is 181 Å². The van der Waals surface area contributed by atoms with Crippen LogP contribution in [0.1, 0.15) is 30.2 Å². The van der Waals surface area contributed by atoms with Crippen LogP contribution in [0.25, 0.3) is 5.57 Å². The zero-order chi connectivity index (χ0) is 21.8. The smallest absolute Gasteiger partial charge is 0.278 e. The molecule has 0 fully saturated rings. The molecule has 0 aliphatic carbocycles. The fourth-order valence-electron chi connectivity index (χ4n) is 3.38. The summed E-state index contributed by atoms with van der Waals surface area (Å²) < 4.78 is 11.0. The fraction of sp³-hybridized carbons (Fsp3) is 0.200. The van der Waals surface area contributed by atoms with Gasteiger partial charge < -0.3 is 14.5 Å². The van der Waals surface area contributed by atoms with Gasteiger partial charge >= 0.3 is 0 Å². The molecule has 0 saturated heterocycles. The van der Waals surface area contributed by atoms with Gasteiger partial charge in [0.05, 0.1) is 25.0 Å². The van der Waals surface area contributed by atoms with Crippen molar-refractivity contribution in [1.29, 1.82) is 0 Å². The summed E-state index contributed by atoms with van der Waals surface area (Å²) in [6, 6.07) is 18.4. The Bertz CT molecular complexity index is 1100. The molecule has 4 rings (SSSR count). The summed E-state index contributed by atoms with van der Waals surface area (Å²) in [5.74, 6) is 0.519. The van der Waals surface area contributed by atoms with Gasteiger partial charge in [0.2, 0.25) is 0 Å². The van der Waals surface area contributed by atoms with Crippen LogP contribution in [0, 0.1) is 6.92 Å². The minimum absolute atomic E-state index is 0.0743. The van der Waals surface area contributed by atoms with Crippen LogP contribution in [0.4, 0.5) is 5.69 Å². The number of amides is 2. The minimum atomic E-state index is -0.386. The van der Waals surface area contributed by atoms with Crippen LogP contribution in [-0.4, -0.2) is 23.3 Å². The monoisotopic (exact) mass is 416 g/mol. The van der Waals surface area contributed by atoms with Gasteiger partial charge in [0.25, 0.3) is 11.8 Å². The molecule has 0 radical (unpaired) electrons. The number of anilines is 1. The minimum Gasteiger partial charge on any atom is -0.494 e. The summed E-state index contributed by atoms with van der Waals surface area (Å²) in [7, 11) is 0. The molecule has 0 saturated carbocycles. The number of carbonyl (C=O) groups is 2. The summed E-state index contributed by atoms with van der Waals surface area (Å²) in [6.07, 6.45) is 2.43. The summed E-state index contributed by atoms with van der Waals surface area (Å²) >= 11 is 0. The number of carbonyl (C=O) groups excluding carboxylic acids is 2. The molecule has 1 aliphatic heterocycles. The second kappa shape index (κ2) is 8.92. The van der Waals surface area contributed by atoms with E-state index in [1.807, 2.05) is 50.2 Å². The van der Waals surface area contributed by atoms with Gasteiger partial charge in [-0.2, -0.15) is 0 Å². The molecule has 6 heteroatoms. The molecule has 0 atom stereocenters. The molecule has 1 N–H and O–H groups in total. The molecule has 3 aromatic rings. The lowest BCUT2D eigenvalue weighted by molar-refractivity contribution is -0.137. The molecule has 0 unspecified atom stereocenters. The third-order valence-electron chi connectivity index (χ3n) is 5.00. The first-order valence-electron chi connectivity index (χ1n) is 10.3. The maximum absolute atomic E-state index is 13.3. The van der Waals surface area contributed by atoms with E-state index in [2.05, 4.69) is 5.32 Å². The second-order valence-electron chi connectivity index (χ2n) is 7.39. The van der Waals surface area contributed by atoms with Crippen molar-refractivity contribution in [3.8, 4) is 5.75 Å². The first-order valence-corrected chi connectivity index (χ1v) is 10.3. The van der Waals surface area contributed by atoms with Gasteiger partial charge in [-0.15, -0.1) is 0 Å². The van der Waals surface area contributed by atoms with Crippen molar-refractivity contribution in [3.05, 3.63) is 89.5 Å². The Morgan fingerprint density at radius 1 is 0.968 bits per heavy atom. The molecule has 1 aliphatic rings. The van der Waals surface area contributed by atoms with E-state index in [4.69, 9.17) is 9.15 Å². The lowest BCUT2D eigenvalue weighted by Crippen LogP contribution is -2.31. The largest absolute Gasteiger partial charge is 0.494 e. The molecule has 158 valence electrons. The van der Waals surface area contributed by atoms with Gasteiger partial charge in [-0.1, -0.05) is 36.8 Å². The molecule has 1 aromatic heterocycles. The molecule has 2 amide bonds. The topological polar surface area (TPSA) is 71.8 Å². The highest BCUT2D eigenvalue weighted by molar-refractivity contribution is 6.36. The highest BCUT2D eigenvalue weighted by Crippen LogP contribution is 2.32. The number of nitrogens with zero attached hydrogens (tertiary/aromatic N) is 1. The van der Waals surface area contributed by atoms with Crippen molar-refractivity contribution < 1.29 is 18.7 Å². The molecule has 2 aromatic carbocycles. The molecule has 6 nitrogen and oxygen atoms in total. The van der Waals surface area contributed by atoms with Crippen LogP contribution in [0.5, 0.6) is 5.75 Å². The fourth-order valence-corrected chi connectivity index (χ4v) is 3.38. The van der Waals surface area contributed by atoms with Crippen molar-refractivity contribution >= 4 is 23.1 Å². The molecule has 0 spiro atoms. The number of hydrogen-bond acceptors (Lipinski definition) is 5. The van der Waals surface area contributed by atoms with Crippen LogP contribution in [-0.2, 0) is 16.1 Å². The van der Waals surface area contributed by atoms with E-state index in [9.17, 15) is 9.59 Å². The normalized spacial score (nSPS) is 13.8. The first-order chi connectivity index (χ1) is 15.1. The lowest BCUT2D eigenvalue weighted by Gasteiger charge is -2.13. The Morgan fingerprint density at radius 2 is 1.71 bits per heavy atom. The van der Waals surface area contributed by atoms with E-state index in [1.165, 1.54) is 11.2 Å². The van der Waals surface area contributed by atoms with Gasteiger partial charge in [0, 0.05) is 5.69 Å². The standard InChI is InChI=1S/C25H24N2O4/c1-3-14-30-20-12-8-18(9-13-20)22-23(26-19-10-6-17(2)7-11-19)25(29)27(24(22)28)16-21-5-4-15-31-21/h4-13,15,26H,3,14,16H2,1-2H3. The maximum atomic E-state index is 13.3. The number of aryl methyl sites for hydroxylation is 1. The zero-order valence-corrected chi connectivity index (χ0v) is 17.6. The van der Waals surface area contributed by atoms with Gasteiger partial charge in [-0.3, -0.25) is 14.5 Å². The Hall–Kier alpha value is -3.80. The number of hydrogen-bond donors (Lipinski definition) is 1. The van der Waals surface area contributed by atoms with Crippen molar-refractivity contribution in [2.45, 2.75) is 26.8 Å². The van der Waals surface area contributed by atoms with Crippen LogP contribution >= 0.6 is 0 Å². The predicted octanol–water partition coefficient (Wildman–Crippen LogP) is 4.77. The predicted molar refractivity (Wildman–Crippen MR) is 118 cm³/mol. The quantitative estimate of drug-likeness (QED) is 0.536. The SMILES string of the molecule is CCCOc1ccc(C2=C(Nc3ccc(C)cc3)C(=O)N(Cc3ccco3)C2=O)cc1. The Morgan fingerprint density at radius 3 is 2.35 bits per heavy atom. The average Bonchev–Trinajstić information content (AvgIpc) is 3.37. The molecule has 2 heterocycles. The molecule has 31 heavy (non-hydrogen) atoms. The number of rotatable bonds is 8. The highest BCUT2D eigenvalue weighted by Gasteiger charge is 2.39. The van der Waals surface area contributed by atoms with E-state index in [0.29, 0.717) is 23.5 Å². The van der Waals surface area contributed by atoms with Crippen molar-refractivity contribution in [2.75, 3.05) is 11.9 Å². The number of furan rings is 1. The van der Waals surface area contributed by atoms with E-state index in [-0.39, 0.29) is 24.1 Å². The molecular formula is C25H24N2O4. The summed E-state index contributed by atoms with van der Waals surface area (Å²) in [5.41, 5.74) is 3.08. The van der Waals surface area contributed by atoms with Crippen LogP contribution in [0.2, 0.25) is 0 Å². The van der Waals surface area contributed by atoms with Crippen LogP contribution < -0.4 is 10.1 Å². The van der Waals surface area contributed by atoms with Crippen molar-refractivity contribution in [1.82, 2.24) is 4.90 Å². The van der Waals surface area contributed by atoms with E-state index in [1.54, 1.807) is 24.3 Å². The third-order valence-corrected chi connectivity index (χ3v) is 5.00. The Kier molecular flexibility index (Phi) is 5.89. The molecular weight excluding hydrogens is 392 g/mol. The van der Waals surface area contributed by atoms with E-state index >= 15 is 0 Å². The molecule has 0 bridgehead atoms. The number of benzene rings is 2. The van der Waals surface area contributed by atoms with Gasteiger partial charge in [0.15, 0.2) is 0 Å². The zero-order valence-electron chi connectivity index (χ0n) is 17.6. The third kappa shape index (κ3) is 4.38. The highest BCUT2D eigenvalue weighted by atomic mass is 16.5. The number of imide groups is 1. The van der Waals surface area contributed by atoms with Crippen LogP contribution in [0.15, 0.2) is 77.0 Å². The van der Waals surface area contributed by atoms with E-state index < -0.39 is 0 Å². The van der Waals surface area contributed by atoms with Gasteiger partial charge in [-0.05, 0) is 55.3 Å². The average molecular weight is 416 g/mol. The van der Waals surface area contributed by atoms with Crippen LogP contribution in [0.3, 0.4) is 0 Å². The maximum Gasteiger partial charge on any atom is 0.278 e. The lowest BCUT2D eigenvalue weighted by atomic mass is 10.0. The second-order valence-corrected chi connectivity index (χ2v) is 7.39. The van der Waals surface area contributed by atoms with Crippen molar-refractivity contribution in [3.63, 3.8) is 0 Å². The number of ether oxygens (including phenoxy) is 1. The van der Waals surface area contributed by atoms with Gasteiger partial charge in [0.1, 0.15) is 17.2 Å². The summed E-state index contributed by atoms with van der Waals surface area (Å²) in [6.45, 7) is 4.73. The van der Waals surface area contributed by atoms with E-state index in [0.717, 1.165) is 23.4 Å². The number of nitrogens with one attached hydrogen (secondary N) is 1. The summed E-state index contributed by atoms with van der Waals surface area (Å²) in [5, 5.41) is 3.16. The summed E-state index contributed by atoms with van der Waals surface area (Å²) in [4.78, 5) is 27.7. The van der Waals surface area contributed by atoms with Gasteiger partial charge in [-0.25, -0.2) is 0 Å². The first kappa shape index (κ1) is 20.5. The van der Waals surface area contributed by atoms with Crippen molar-refractivity contribution in [2.24, 2.45) is 0 Å². The Balaban J connectivity index is 1.69.